The van der Waals surface area contributed by atoms with E-state index in [1.807, 2.05) is 0 Å². The average Bonchev–Trinajstić information content (AvgIpc) is 3.15. The third-order valence-corrected chi connectivity index (χ3v) is 3.82. The van der Waals surface area contributed by atoms with E-state index in [1.165, 1.54) is 37.4 Å². The zero-order valence-electron chi connectivity index (χ0n) is 14.7. The number of hydrogen-bond donors (Lipinski definition) is 0. The highest BCUT2D eigenvalue weighted by atomic mass is 35.5. The van der Waals surface area contributed by atoms with Crippen molar-refractivity contribution < 1.29 is 36.7 Å². The summed E-state index contributed by atoms with van der Waals surface area (Å²) in [4.78, 5) is 16.0. The third kappa shape index (κ3) is 4.96. The SMILES string of the molecule is COc1cc(-c2noc(COC(=O)c3ccc(Cl)cc3F)n2)ccc1OC(F)F. The highest BCUT2D eigenvalue weighted by molar-refractivity contribution is 6.30. The molecule has 0 saturated heterocycles. The quantitative estimate of drug-likeness (QED) is 0.512. The number of carbonyl (C=O) groups excluding carboxylic acids is 1. The van der Waals surface area contributed by atoms with Gasteiger partial charge in [0.2, 0.25) is 5.82 Å². The highest BCUT2D eigenvalue weighted by Crippen LogP contribution is 2.32. The number of alkyl halides is 2. The summed E-state index contributed by atoms with van der Waals surface area (Å²) in [7, 11) is 1.29. The van der Waals surface area contributed by atoms with E-state index in [1.54, 1.807) is 0 Å². The molecule has 152 valence electrons. The molecule has 7 nitrogen and oxygen atoms in total. The van der Waals surface area contributed by atoms with Gasteiger partial charge in [-0.2, -0.15) is 13.8 Å². The predicted molar refractivity (Wildman–Crippen MR) is 93.4 cm³/mol. The number of esters is 1. The number of benzene rings is 2. The normalized spacial score (nSPS) is 10.8. The van der Waals surface area contributed by atoms with Crippen molar-refractivity contribution in [3.8, 4) is 22.9 Å². The molecule has 2 aromatic carbocycles. The number of ether oxygens (including phenoxy) is 3. The molecule has 0 N–H and O–H groups in total. The molecule has 0 amide bonds. The van der Waals surface area contributed by atoms with E-state index in [0.717, 1.165) is 6.07 Å². The Bertz CT molecular complexity index is 1030. The van der Waals surface area contributed by atoms with Gasteiger partial charge in [0.15, 0.2) is 18.1 Å². The van der Waals surface area contributed by atoms with E-state index in [0.29, 0.717) is 5.56 Å². The summed E-state index contributed by atoms with van der Waals surface area (Å²) in [5, 5.41) is 3.86. The van der Waals surface area contributed by atoms with Gasteiger partial charge in [0.05, 0.1) is 12.7 Å². The Kier molecular flexibility index (Phi) is 6.23. The molecule has 0 unspecified atom stereocenters. The van der Waals surface area contributed by atoms with E-state index < -0.39 is 25.0 Å². The molecule has 3 rings (SSSR count). The molecule has 0 saturated carbocycles. The van der Waals surface area contributed by atoms with Crippen LogP contribution in [0.2, 0.25) is 5.02 Å². The summed E-state index contributed by atoms with van der Waals surface area (Å²) in [5.41, 5.74) is 0.0852. The molecule has 0 fully saturated rings. The van der Waals surface area contributed by atoms with Crippen molar-refractivity contribution in [3.63, 3.8) is 0 Å². The fraction of sp³-hybridized carbons (Fsp3) is 0.167. The number of halogens is 4. The van der Waals surface area contributed by atoms with Gasteiger partial charge in [0.25, 0.3) is 5.89 Å². The van der Waals surface area contributed by atoms with Crippen LogP contribution < -0.4 is 9.47 Å². The first kappa shape index (κ1) is 20.5. The number of aromatic nitrogens is 2. The van der Waals surface area contributed by atoms with Crippen molar-refractivity contribution in [3.05, 3.63) is 58.7 Å². The molecule has 0 aliphatic heterocycles. The van der Waals surface area contributed by atoms with Gasteiger partial charge in [-0.15, -0.1) is 0 Å². The number of hydrogen-bond acceptors (Lipinski definition) is 7. The maximum absolute atomic E-state index is 13.7. The standard InChI is InChI=1S/C18H12ClF3N2O5/c1-26-14-6-9(2-5-13(14)28-18(21)22)16-23-15(29-24-16)8-27-17(25)11-4-3-10(19)7-12(11)20/h2-7,18H,8H2,1H3. The van der Waals surface area contributed by atoms with E-state index in [9.17, 15) is 18.0 Å². The molecule has 0 radical (unpaired) electrons. The first-order chi connectivity index (χ1) is 13.9. The van der Waals surface area contributed by atoms with Gasteiger partial charge in [-0.1, -0.05) is 16.8 Å². The van der Waals surface area contributed by atoms with Gasteiger partial charge < -0.3 is 18.7 Å². The van der Waals surface area contributed by atoms with Crippen LogP contribution in [-0.2, 0) is 11.3 Å². The van der Waals surface area contributed by atoms with E-state index in [4.69, 9.17) is 25.6 Å². The Hall–Kier alpha value is -3.27. The van der Waals surface area contributed by atoms with E-state index >= 15 is 0 Å². The summed E-state index contributed by atoms with van der Waals surface area (Å²) < 4.78 is 57.8. The first-order valence-corrected chi connectivity index (χ1v) is 8.33. The smallest absolute Gasteiger partial charge is 0.387 e. The monoisotopic (exact) mass is 428 g/mol. The Morgan fingerprint density at radius 2 is 2.00 bits per heavy atom. The fourth-order valence-electron chi connectivity index (χ4n) is 2.29. The molecule has 0 aliphatic carbocycles. The topological polar surface area (TPSA) is 83.7 Å². The second-order valence-electron chi connectivity index (χ2n) is 5.46. The van der Waals surface area contributed by atoms with Crippen molar-refractivity contribution in [2.75, 3.05) is 7.11 Å². The predicted octanol–water partition coefficient (Wildman–Crippen LogP) is 4.50. The van der Waals surface area contributed by atoms with Crippen LogP contribution in [-0.4, -0.2) is 29.8 Å². The van der Waals surface area contributed by atoms with Crippen molar-refractivity contribution in [1.29, 1.82) is 0 Å². The Morgan fingerprint density at radius 3 is 2.69 bits per heavy atom. The van der Waals surface area contributed by atoms with Crippen molar-refractivity contribution in [2.45, 2.75) is 13.2 Å². The molecule has 1 heterocycles. The summed E-state index contributed by atoms with van der Waals surface area (Å²) in [6.45, 7) is -3.41. The molecule has 1 aromatic heterocycles. The summed E-state index contributed by atoms with van der Waals surface area (Å²) in [6.07, 6.45) is 0. The van der Waals surface area contributed by atoms with Crippen molar-refractivity contribution >= 4 is 17.6 Å². The minimum absolute atomic E-state index is 0.0405. The fourth-order valence-corrected chi connectivity index (χ4v) is 2.45. The number of nitrogens with zero attached hydrogens (tertiary/aromatic N) is 2. The van der Waals surface area contributed by atoms with Crippen LogP contribution in [0.1, 0.15) is 16.2 Å². The van der Waals surface area contributed by atoms with Crippen LogP contribution in [0.3, 0.4) is 0 Å². The van der Waals surface area contributed by atoms with E-state index in [2.05, 4.69) is 14.9 Å². The van der Waals surface area contributed by atoms with Crippen molar-refractivity contribution in [1.82, 2.24) is 10.1 Å². The maximum atomic E-state index is 13.7. The summed E-state index contributed by atoms with van der Waals surface area (Å²) in [5.74, 6) is -1.85. The third-order valence-electron chi connectivity index (χ3n) is 3.58. The molecule has 11 heteroatoms. The largest absolute Gasteiger partial charge is 0.493 e. The van der Waals surface area contributed by atoms with Gasteiger partial charge in [-0.3, -0.25) is 0 Å². The first-order valence-electron chi connectivity index (χ1n) is 7.95. The Balaban J connectivity index is 1.70. The average molecular weight is 429 g/mol. The van der Waals surface area contributed by atoms with Crippen LogP contribution >= 0.6 is 11.6 Å². The van der Waals surface area contributed by atoms with E-state index in [-0.39, 0.29) is 33.8 Å². The molecule has 0 bridgehead atoms. The van der Waals surface area contributed by atoms with Gasteiger partial charge in [-0.05, 0) is 36.4 Å². The second kappa shape index (κ2) is 8.82. The van der Waals surface area contributed by atoms with Gasteiger partial charge in [-0.25, -0.2) is 9.18 Å². The molecule has 0 spiro atoms. The second-order valence-corrected chi connectivity index (χ2v) is 5.89. The maximum Gasteiger partial charge on any atom is 0.387 e. The molecule has 3 aromatic rings. The molecular formula is C18H12ClF3N2O5. The number of methoxy groups -OCH3 is 1. The van der Waals surface area contributed by atoms with Gasteiger partial charge in [0, 0.05) is 10.6 Å². The van der Waals surface area contributed by atoms with Crippen LogP contribution in [0.15, 0.2) is 40.9 Å². The highest BCUT2D eigenvalue weighted by Gasteiger charge is 2.17. The lowest BCUT2D eigenvalue weighted by Crippen LogP contribution is -2.07. The molecular weight excluding hydrogens is 417 g/mol. The lowest BCUT2D eigenvalue weighted by atomic mass is 10.2. The molecule has 0 atom stereocenters. The van der Waals surface area contributed by atoms with Gasteiger partial charge >= 0.3 is 12.6 Å². The Labute approximate surface area is 166 Å². The number of carbonyl (C=O) groups is 1. The Morgan fingerprint density at radius 1 is 1.21 bits per heavy atom. The molecule has 29 heavy (non-hydrogen) atoms. The van der Waals surface area contributed by atoms with Gasteiger partial charge in [0.1, 0.15) is 5.82 Å². The zero-order chi connectivity index (χ0) is 21.0. The van der Waals surface area contributed by atoms with Crippen LogP contribution in [0, 0.1) is 5.82 Å². The lowest BCUT2D eigenvalue weighted by Gasteiger charge is -2.10. The summed E-state index contributed by atoms with van der Waals surface area (Å²) >= 11 is 5.63. The minimum Gasteiger partial charge on any atom is -0.493 e. The lowest BCUT2D eigenvalue weighted by molar-refractivity contribution is -0.0512. The van der Waals surface area contributed by atoms with Crippen LogP contribution in [0.25, 0.3) is 11.4 Å². The number of rotatable bonds is 7. The van der Waals surface area contributed by atoms with Crippen LogP contribution in [0.5, 0.6) is 11.5 Å². The summed E-state index contributed by atoms with van der Waals surface area (Å²) in [6, 6.07) is 7.58. The zero-order valence-corrected chi connectivity index (χ0v) is 15.5. The molecule has 0 aliphatic rings. The minimum atomic E-state index is -3.01. The van der Waals surface area contributed by atoms with Crippen molar-refractivity contribution in [2.24, 2.45) is 0 Å². The van der Waals surface area contributed by atoms with Crippen LogP contribution in [0.4, 0.5) is 13.2 Å².